The van der Waals surface area contributed by atoms with Gasteiger partial charge in [-0.1, -0.05) is 152 Å². The van der Waals surface area contributed by atoms with Crippen LogP contribution >= 0.6 is 0 Å². The summed E-state index contributed by atoms with van der Waals surface area (Å²) in [5.74, 6) is 1.81. The van der Waals surface area contributed by atoms with Crippen molar-refractivity contribution in [3.8, 4) is 51.0 Å². The Morgan fingerprint density at radius 1 is 0.389 bits per heavy atom. The van der Waals surface area contributed by atoms with Crippen LogP contribution in [0.2, 0.25) is 0 Å². The van der Waals surface area contributed by atoms with Gasteiger partial charge in [-0.15, -0.1) is 0 Å². The van der Waals surface area contributed by atoms with E-state index in [-0.39, 0.29) is 0 Å². The summed E-state index contributed by atoms with van der Waals surface area (Å²) in [7, 11) is 0. The van der Waals surface area contributed by atoms with Gasteiger partial charge in [0.1, 0.15) is 5.58 Å². The number of fused-ring (bicyclic) bond motifs is 8. The summed E-state index contributed by atoms with van der Waals surface area (Å²) in [5, 5.41) is 6.84. The summed E-state index contributed by atoms with van der Waals surface area (Å²) in [6.07, 6.45) is 0. The molecule has 0 aliphatic rings. The van der Waals surface area contributed by atoms with Crippen LogP contribution in [0.5, 0.6) is 0 Å². The molecule has 0 saturated carbocycles. The second-order valence-corrected chi connectivity index (χ2v) is 13.6. The lowest BCUT2D eigenvalue weighted by Crippen LogP contribution is -2.00. The van der Waals surface area contributed by atoms with Crippen molar-refractivity contribution < 1.29 is 4.42 Å². The topological polar surface area (TPSA) is 56.7 Å². The molecular weight excluding hydrogens is 661 g/mol. The average molecular weight is 691 g/mol. The van der Waals surface area contributed by atoms with Crippen molar-refractivity contribution in [1.82, 2.24) is 19.5 Å². The summed E-state index contributed by atoms with van der Waals surface area (Å²) < 4.78 is 9.41. The van der Waals surface area contributed by atoms with E-state index in [0.29, 0.717) is 17.5 Å². The first-order chi connectivity index (χ1) is 26.8. The Balaban J connectivity index is 1.23. The van der Waals surface area contributed by atoms with Gasteiger partial charge in [-0.25, -0.2) is 15.0 Å². The highest BCUT2D eigenvalue weighted by molar-refractivity contribution is 6.22. The van der Waals surface area contributed by atoms with Gasteiger partial charge < -0.3 is 8.98 Å². The normalized spacial score (nSPS) is 11.7. The molecule has 0 unspecified atom stereocenters. The quantitative estimate of drug-likeness (QED) is 0.180. The van der Waals surface area contributed by atoms with Gasteiger partial charge in [-0.2, -0.15) is 0 Å². The van der Waals surface area contributed by atoms with E-state index >= 15 is 0 Å². The Morgan fingerprint density at radius 3 is 1.70 bits per heavy atom. The first-order valence-corrected chi connectivity index (χ1v) is 18.1. The lowest BCUT2D eigenvalue weighted by molar-refractivity contribution is 0.666. The predicted molar refractivity (Wildman–Crippen MR) is 221 cm³/mol. The second kappa shape index (κ2) is 12.1. The maximum Gasteiger partial charge on any atom is 0.164 e. The van der Waals surface area contributed by atoms with Gasteiger partial charge in [0, 0.05) is 38.2 Å². The third-order valence-corrected chi connectivity index (χ3v) is 10.4. The molecule has 0 N–H and O–H groups in total. The van der Waals surface area contributed by atoms with Crippen molar-refractivity contribution in [1.29, 1.82) is 0 Å². The third kappa shape index (κ3) is 4.76. The van der Waals surface area contributed by atoms with Crippen molar-refractivity contribution in [2.75, 3.05) is 0 Å². The lowest BCUT2D eigenvalue weighted by Gasteiger charge is -2.11. The van der Waals surface area contributed by atoms with E-state index in [1.54, 1.807) is 0 Å². The Kier molecular flexibility index (Phi) is 6.79. The summed E-state index contributed by atoms with van der Waals surface area (Å²) in [6.45, 7) is 0. The predicted octanol–water partition coefficient (Wildman–Crippen LogP) is 12.7. The molecular formula is C49H30N4O. The minimum atomic E-state index is 0.585. The highest BCUT2D eigenvalue weighted by Crippen LogP contribution is 2.44. The van der Waals surface area contributed by atoms with E-state index in [0.717, 1.165) is 66.5 Å². The fourth-order valence-corrected chi connectivity index (χ4v) is 7.99. The molecule has 0 aliphatic heterocycles. The van der Waals surface area contributed by atoms with E-state index in [1.165, 1.54) is 21.5 Å². The number of benzene rings is 8. The van der Waals surface area contributed by atoms with Gasteiger partial charge >= 0.3 is 0 Å². The summed E-state index contributed by atoms with van der Waals surface area (Å²) >= 11 is 0. The molecule has 0 bridgehead atoms. The van der Waals surface area contributed by atoms with Crippen LogP contribution in [0.15, 0.2) is 186 Å². The minimum absolute atomic E-state index is 0.585. The van der Waals surface area contributed by atoms with Crippen LogP contribution in [0.1, 0.15) is 0 Å². The maximum atomic E-state index is 7.05. The molecule has 3 heterocycles. The Bertz CT molecular complexity index is 3140. The number of nitrogens with zero attached hydrogens (tertiary/aromatic N) is 4. The molecule has 0 amide bonds. The zero-order valence-corrected chi connectivity index (χ0v) is 29.0. The fraction of sp³-hybridized carbons (Fsp3) is 0. The third-order valence-electron chi connectivity index (χ3n) is 10.4. The summed E-state index contributed by atoms with van der Waals surface area (Å²) in [6, 6.07) is 63.1. The number of aromatic nitrogens is 4. The van der Waals surface area contributed by atoms with Gasteiger partial charge in [0.25, 0.3) is 0 Å². The van der Waals surface area contributed by atoms with Crippen LogP contribution < -0.4 is 0 Å². The number of rotatable bonds is 5. The molecule has 0 radical (unpaired) electrons. The van der Waals surface area contributed by atoms with E-state index in [4.69, 9.17) is 19.4 Å². The van der Waals surface area contributed by atoms with Gasteiger partial charge in [-0.3, -0.25) is 0 Å². The largest absolute Gasteiger partial charge is 0.454 e. The summed E-state index contributed by atoms with van der Waals surface area (Å²) in [5.41, 5.74) is 9.62. The highest BCUT2D eigenvalue weighted by atomic mass is 16.3. The van der Waals surface area contributed by atoms with Gasteiger partial charge in [-0.05, 0) is 52.2 Å². The number of furan rings is 1. The van der Waals surface area contributed by atoms with E-state index in [2.05, 4.69) is 120 Å². The fourth-order valence-electron chi connectivity index (χ4n) is 7.99. The molecule has 8 aromatic carbocycles. The zero-order valence-electron chi connectivity index (χ0n) is 29.0. The molecule has 0 fully saturated rings. The minimum Gasteiger partial charge on any atom is -0.454 e. The van der Waals surface area contributed by atoms with Crippen molar-refractivity contribution in [2.45, 2.75) is 0 Å². The van der Waals surface area contributed by atoms with Crippen LogP contribution in [-0.4, -0.2) is 19.5 Å². The molecule has 0 atom stereocenters. The van der Waals surface area contributed by atoms with Gasteiger partial charge in [0.15, 0.2) is 23.1 Å². The highest BCUT2D eigenvalue weighted by Gasteiger charge is 2.23. The number of hydrogen-bond acceptors (Lipinski definition) is 4. The second-order valence-electron chi connectivity index (χ2n) is 13.6. The van der Waals surface area contributed by atoms with Crippen LogP contribution in [0.25, 0.3) is 105 Å². The average Bonchev–Trinajstić information content (AvgIpc) is 3.80. The van der Waals surface area contributed by atoms with Crippen LogP contribution in [-0.2, 0) is 0 Å². The molecule has 11 aromatic rings. The Morgan fingerprint density at radius 2 is 0.981 bits per heavy atom. The zero-order chi connectivity index (χ0) is 35.6. The smallest absolute Gasteiger partial charge is 0.164 e. The SMILES string of the molecule is c1ccc(-c2cc(-c3nc(-c4ccccc4)nc(-c4ccccc4)n3)c3c(c2)oc2c(-n4c5ccccc5c5c6ccccc6ccc54)cccc23)cc1. The van der Waals surface area contributed by atoms with Crippen molar-refractivity contribution in [3.05, 3.63) is 182 Å². The van der Waals surface area contributed by atoms with Crippen molar-refractivity contribution in [3.63, 3.8) is 0 Å². The Labute approximate surface area is 310 Å². The molecule has 11 rings (SSSR count). The van der Waals surface area contributed by atoms with Crippen molar-refractivity contribution in [2.24, 2.45) is 0 Å². The van der Waals surface area contributed by atoms with E-state index in [9.17, 15) is 0 Å². The molecule has 0 saturated heterocycles. The molecule has 252 valence electrons. The Hall–Kier alpha value is -7.37. The molecule has 3 aromatic heterocycles. The van der Waals surface area contributed by atoms with Crippen LogP contribution in [0.3, 0.4) is 0 Å². The van der Waals surface area contributed by atoms with Crippen molar-refractivity contribution >= 4 is 54.5 Å². The first kappa shape index (κ1) is 30.3. The van der Waals surface area contributed by atoms with Gasteiger partial charge in [0.05, 0.1) is 16.7 Å². The standard InChI is InChI=1S/C49H30N4O/c1-4-15-31(16-5-1)35-29-39(49-51-47(33-18-6-2-7-19-33)50-48(52-49)34-20-8-3-9-21-34)45-38-24-14-26-42(46(38)54-43(45)30-35)53-40-25-13-12-23-37(40)44-36-22-11-10-17-32(36)27-28-41(44)53/h1-30H. The molecule has 5 heteroatoms. The van der Waals surface area contributed by atoms with Crippen LogP contribution in [0.4, 0.5) is 0 Å². The summed E-state index contributed by atoms with van der Waals surface area (Å²) in [4.78, 5) is 15.4. The molecule has 54 heavy (non-hydrogen) atoms. The monoisotopic (exact) mass is 690 g/mol. The molecule has 0 spiro atoms. The number of para-hydroxylation sites is 2. The molecule has 0 aliphatic carbocycles. The van der Waals surface area contributed by atoms with Gasteiger partial charge in [0.2, 0.25) is 0 Å². The maximum absolute atomic E-state index is 7.05. The molecule has 5 nitrogen and oxygen atoms in total. The number of hydrogen-bond donors (Lipinski definition) is 0. The first-order valence-electron chi connectivity index (χ1n) is 18.1. The van der Waals surface area contributed by atoms with E-state index < -0.39 is 0 Å². The lowest BCUT2D eigenvalue weighted by atomic mass is 9.98. The van der Waals surface area contributed by atoms with E-state index in [1.807, 2.05) is 66.7 Å². The van der Waals surface area contributed by atoms with Crippen LogP contribution in [0, 0.1) is 0 Å².